The van der Waals surface area contributed by atoms with Crippen molar-refractivity contribution in [2.45, 2.75) is 57.1 Å². The number of aliphatic hydroxyl groups is 2. The summed E-state index contributed by atoms with van der Waals surface area (Å²) in [4.78, 5) is 39.6. The zero-order valence-electron chi connectivity index (χ0n) is 29.6. The monoisotopic (exact) mass is 791 g/mol. The van der Waals surface area contributed by atoms with Crippen LogP contribution in [0.25, 0.3) is 11.1 Å². The average Bonchev–Trinajstić information content (AvgIpc) is 3.55. The number of carboxylic acids is 2. The Balaban J connectivity index is 1.28. The quantitative estimate of drug-likeness (QED) is 0.0697. The van der Waals surface area contributed by atoms with E-state index in [4.69, 9.17) is 42.9 Å². The number of carboxylic acid groups (broad SMARTS) is 2. The molecule has 0 unspecified atom stereocenters. The highest BCUT2D eigenvalue weighted by Crippen LogP contribution is 2.43. The van der Waals surface area contributed by atoms with Crippen LogP contribution in [0.3, 0.4) is 0 Å². The van der Waals surface area contributed by atoms with Crippen LogP contribution < -0.4 is 25.4 Å². The summed E-state index contributed by atoms with van der Waals surface area (Å²) in [7, 11) is 1.46. The number of hydrogen-bond acceptors (Lipinski definition) is 11. The minimum atomic E-state index is -1.11. The summed E-state index contributed by atoms with van der Waals surface area (Å²) in [6, 6.07) is 19.5. The third-order valence-corrected chi connectivity index (χ3v) is 9.56. The van der Waals surface area contributed by atoms with Crippen molar-refractivity contribution in [3.05, 3.63) is 104 Å². The van der Waals surface area contributed by atoms with Crippen LogP contribution in [-0.2, 0) is 29.1 Å². The molecule has 288 valence electrons. The Bertz CT molecular complexity index is 2110. The van der Waals surface area contributed by atoms with Crippen LogP contribution in [0.2, 0.25) is 10.0 Å². The fourth-order valence-corrected chi connectivity index (χ4v) is 6.86. The van der Waals surface area contributed by atoms with Gasteiger partial charge in [0.2, 0.25) is 11.8 Å². The number of ether oxygens (including phenoxy) is 2. The van der Waals surface area contributed by atoms with E-state index in [1.165, 1.54) is 13.2 Å². The lowest BCUT2D eigenvalue weighted by Gasteiger charge is -2.18. The van der Waals surface area contributed by atoms with Gasteiger partial charge in [0.25, 0.3) is 5.91 Å². The number of pyridine rings is 1. The molecule has 0 radical (unpaired) electrons. The molecule has 0 aliphatic heterocycles. The highest BCUT2D eigenvalue weighted by molar-refractivity contribution is 6.37. The number of hydrogen-bond donors (Lipinski definition) is 7. The highest BCUT2D eigenvalue weighted by atomic mass is 35.5. The number of methoxy groups -OCH3 is 1. The third kappa shape index (κ3) is 10.5. The van der Waals surface area contributed by atoms with Crippen molar-refractivity contribution in [2.24, 2.45) is 0 Å². The molecule has 0 spiro atoms. The van der Waals surface area contributed by atoms with Gasteiger partial charge in [-0.05, 0) is 59.4 Å². The number of rotatable bonds is 18. The van der Waals surface area contributed by atoms with Crippen LogP contribution >= 0.6 is 23.2 Å². The highest BCUT2D eigenvalue weighted by Gasteiger charge is 2.29. The van der Waals surface area contributed by atoms with Crippen molar-refractivity contribution in [3.63, 3.8) is 0 Å². The molecule has 4 aromatic rings. The molecule has 3 aromatic carbocycles. The molecule has 1 heterocycles. The molecule has 0 saturated carbocycles. The normalized spacial score (nSPS) is 14.4. The minimum Gasteiger partial charge on any atom is -0.481 e. The van der Waals surface area contributed by atoms with Crippen molar-refractivity contribution in [3.8, 4) is 29.0 Å². The summed E-state index contributed by atoms with van der Waals surface area (Å²) in [5.74, 6) is -2.26. The maximum absolute atomic E-state index is 13.5. The van der Waals surface area contributed by atoms with E-state index >= 15 is 0 Å². The van der Waals surface area contributed by atoms with Gasteiger partial charge in [-0.15, -0.1) is 0 Å². The van der Waals surface area contributed by atoms with E-state index in [2.05, 4.69) is 27.0 Å². The third-order valence-electron chi connectivity index (χ3n) is 8.88. The number of amides is 1. The van der Waals surface area contributed by atoms with Gasteiger partial charge < -0.3 is 45.9 Å². The van der Waals surface area contributed by atoms with Gasteiger partial charge in [-0.1, -0.05) is 59.6 Å². The van der Waals surface area contributed by atoms with Gasteiger partial charge >= 0.3 is 11.9 Å². The number of nitrogens with one attached hydrogen (secondary N) is 3. The molecule has 7 N–H and O–H groups in total. The second-order valence-corrected chi connectivity index (χ2v) is 13.6. The molecular formula is C39H39Cl2N5O9. The number of carbonyl (C=O) groups excluding carboxylic acids is 1. The molecule has 0 bridgehead atoms. The predicted molar refractivity (Wildman–Crippen MR) is 203 cm³/mol. The number of aliphatic hydroxyl groups excluding tert-OH is 2. The van der Waals surface area contributed by atoms with E-state index in [1.807, 2.05) is 24.3 Å². The largest absolute Gasteiger partial charge is 0.481 e. The molecule has 0 fully saturated rings. The van der Waals surface area contributed by atoms with Gasteiger partial charge in [0, 0.05) is 43.0 Å². The molecule has 3 atom stereocenters. The van der Waals surface area contributed by atoms with Crippen LogP contribution in [-0.4, -0.2) is 75.7 Å². The van der Waals surface area contributed by atoms with E-state index in [9.17, 15) is 29.9 Å². The summed E-state index contributed by atoms with van der Waals surface area (Å²) in [5, 5.41) is 56.3. The second-order valence-electron chi connectivity index (χ2n) is 12.8. The second kappa shape index (κ2) is 18.9. The summed E-state index contributed by atoms with van der Waals surface area (Å²) >= 11 is 13.5. The van der Waals surface area contributed by atoms with Crippen molar-refractivity contribution < 1.29 is 44.3 Å². The van der Waals surface area contributed by atoms with Crippen molar-refractivity contribution in [1.82, 2.24) is 15.6 Å². The first kappa shape index (κ1) is 40.9. The molecule has 0 saturated heterocycles. The van der Waals surface area contributed by atoms with Crippen molar-refractivity contribution in [2.75, 3.05) is 25.5 Å². The van der Waals surface area contributed by atoms with Crippen LogP contribution in [0.1, 0.15) is 63.5 Å². The van der Waals surface area contributed by atoms with E-state index in [0.29, 0.717) is 40.8 Å². The lowest BCUT2D eigenvalue weighted by Crippen LogP contribution is -2.28. The molecule has 1 aliphatic carbocycles. The van der Waals surface area contributed by atoms with Crippen LogP contribution in [0.5, 0.6) is 11.8 Å². The van der Waals surface area contributed by atoms with Gasteiger partial charge in [-0.25, -0.2) is 0 Å². The van der Waals surface area contributed by atoms with E-state index in [0.717, 1.165) is 16.7 Å². The minimum absolute atomic E-state index is 0.0317. The maximum atomic E-state index is 13.5. The molecule has 5 rings (SSSR count). The number of aromatic nitrogens is 1. The Labute approximate surface area is 326 Å². The number of benzene rings is 3. The number of fused-ring (bicyclic) bond motifs is 1. The standard InChI is InChI=1S/C39H39Cl2N5O9/c1-54-38-23(18-44-20-26(48)15-35(51)52)13-32(40)39(46-38)55-33-11-10-28-27(4-2-5-29(28)33)30-6-3-7-31(36(30)41)37(53)45-24-9-8-21(22(12-24)16-42)17-43-19-25(47)14-34(49)50/h2-9,12-13,25-26,33,43-44,47-48H,10-11,14-15,17-20H2,1H3,(H,45,53)(H,49,50)(H,51,52)/t25-,26-,33-/m0/s1. The first-order valence-electron chi connectivity index (χ1n) is 17.2. The van der Waals surface area contributed by atoms with Crippen LogP contribution in [0.15, 0.2) is 60.7 Å². The number of nitrogens with zero attached hydrogens (tertiary/aromatic N) is 2. The van der Waals surface area contributed by atoms with Gasteiger partial charge in [0.15, 0.2) is 0 Å². The molecule has 16 heteroatoms. The zero-order valence-corrected chi connectivity index (χ0v) is 31.2. The zero-order chi connectivity index (χ0) is 39.6. The maximum Gasteiger partial charge on any atom is 0.306 e. The summed E-state index contributed by atoms with van der Waals surface area (Å²) in [6.07, 6.45) is -2.05. The van der Waals surface area contributed by atoms with Gasteiger partial charge in [-0.3, -0.25) is 14.4 Å². The topological polar surface area (TPSA) is 223 Å². The number of nitriles is 1. The molecule has 14 nitrogen and oxygen atoms in total. The van der Waals surface area contributed by atoms with Gasteiger partial charge in [0.05, 0.1) is 54.4 Å². The van der Waals surface area contributed by atoms with Gasteiger partial charge in [0.1, 0.15) is 11.1 Å². The van der Waals surface area contributed by atoms with Crippen LogP contribution in [0.4, 0.5) is 5.69 Å². The average molecular weight is 793 g/mol. The smallest absolute Gasteiger partial charge is 0.306 e. The molecule has 1 amide bonds. The molecule has 1 aliphatic rings. The van der Waals surface area contributed by atoms with E-state index in [1.54, 1.807) is 30.3 Å². The summed E-state index contributed by atoms with van der Waals surface area (Å²) < 4.78 is 11.8. The Hall–Kier alpha value is -5.27. The van der Waals surface area contributed by atoms with E-state index in [-0.39, 0.29) is 60.0 Å². The molecule has 1 aromatic heterocycles. The Kier molecular flexibility index (Phi) is 14.0. The Morgan fingerprint density at radius 3 is 2.22 bits per heavy atom. The van der Waals surface area contributed by atoms with Gasteiger partial charge in [-0.2, -0.15) is 10.2 Å². The van der Waals surface area contributed by atoms with Crippen molar-refractivity contribution >= 4 is 46.7 Å². The Morgan fingerprint density at radius 1 is 0.909 bits per heavy atom. The Morgan fingerprint density at radius 2 is 1.56 bits per heavy atom. The van der Waals surface area contributed by atoms with Crippen molar-refractivity contribution in [1.29, 1.82) is 5.26 Å². The molecular weight excluding hydrogens is 753 g/mol. The summed E-state index contributed by atoms with van der Waals surface area (Å²) in [5.41, 5.74) is 5.50. The fourth-order valence-electron chi connectivity index (χ4n) is 6.33. The van der Waals surface area contributed by atoms with Crippen LogP contribution in [0, 0.1) is 11.3 Å². The SMILES string of the molecule is COc1nc(O[C@H]2CCc3c(-c4cccc(C(=O)Nc5ccc(CNC[C@@H](O)CC(=O)O)c(C#N)c5)c4Cl)cccc32)c(Cl)cc1CNC[C@@H](O)CC(=O)O. The first-order chi connectivity index (χ1) is 26.4. The lowest BCUT2D eigenvalue weighted by molar-refractivity contribution is -0.140. The number of anilines is 1. The summed E-state index contributed by atoms with van der Waals surface area (Å²) in [6.45, 7) is 0.510. The molecule has 55 heavy (non-hydrogen) atoms. The van der Waals surface area contributed by atoms with E-state index < -0.39 is 42.6 Å². The lowest BCUT2D eigenvalue weighted by atomic mass is 9.95. The fraction of sp³-hybridized carbons (Fsp3) is 0.308. The number of halogens is 2. The number of aliphatic carboxylic acids is 2. The number of carbonyl (C=O) groups is 3. The first-order valence-corrected chi connectivity index (χ1v) is 18.0. The predicted octanol–water partition coefficient (Wildman–Crippen LogP) is 5.10.